The fourth-order valence-electron chi connectivity index (χ4n) is 8.38. The van der Waals surface area contributed by atoms with Crippen molar-refractivity contribution in [2.45, 2.75) is 70.8 Å². The Bertz CT molecular complexity index is 1370. The lowest BCUT2D eigenvalue weighted by molar-refractivity contribution is -0.115. The van der Waals surface area contributed by atoms with Gasteiger partial charge in [-0.2, -0.15) is 0 Å². The summed E-state index contributed by atoms with van der Waals surface area (Å²) in [6.07, 6.45) is 11.0. The molecule has 5 aliphatic carbocycles. The standard InChI is InChI=1S/C32H34BrN3O2/c33-25-5-1-19(2-6-25)13-29(38)36-31-28(17-32-14-21-9-22(15-32)11-23(10-21)16-32)34-30-26-7-3-20(18-37)12-24(26)4-8-27(30)35-31/h1-3,5-7,12,21-23,37H,4,8-11,13-18H2,(H,35,36,38). The molecule has 0 radical (unpaired) electrons. The summed E-state index contributed by atoms with van der Waals surface area (Å²) in [6, 6.07) is 14.1. The molecule has 0 aliphatic heterocycles. The lowest BCUT2D eigenvalue weighted by Crippen LogP contribution is -2.47. The van der Waals surface area contributed by atoms with Crippen LogP contribution >= 0.6 is 15.9 Å². The Hall–Kier alpha value is -2.57. The number of aliphatic hydroxyl groups excluding tert-OH is 1. The van der Waals surface area contributed by atoms with Crippen molar-refractivity contribution < 1.29 is 9.90 Å². The fraction of sp³-hybridized carbons (Fsp3) is 0.469. The number of rotatable bonds is 6. The summed E-state index contributed by atoms with van der Waals surface area (Å²) >= 11 is 3.47. The highest BCUT2D eigenvalue weighted by Gasteiger charge is 2.51. The third-order valence-corrected chi connectivity index (χ3v) is 10.1. The van der Waals surface area contributed by atoms with Gasteiger partial charge in [0, 0.05) is 10.0 Å². The lowest BCUT2D eigenvalue weighted by Gasteiger charge is -2.57. The van der Waals surface area contributed by atoms with Crippen LogP contribution in [0.2, 0.25) is 0 Å². The number of anilines is 1. The molecule has 1 heterocycles. The second-order valence-corrected chi connectivity index (χ2v) is 13.3. The largest absolute Gasteiger partial charge is 0.392 e. The number of nitrogens with zero attached hydrogens (tertiary/aromatic N) is 2. The molecule has 6 heteroatoms. The van der Waals surface area contributed by atoms with Crippen molar-refractivity contribution in [2.75, 3.05) is 5.32 Å². The predicted molar refractivity (Wildman–Crippen MR) is 152 cm³/mol. The Kier molecular flexibility index (Phi) is 6.16. The molecule has 1 amide bonds. The summed E-state index contributed by atoms with van der Waals surface area (Å²) in [5.41, 5.74) is 7.43. The van der Waals surface area contributed by atoms with Crippen LogP contribution in [0.1, 0.15) is 66.6 Å². The summed E-state index contributed by atoms with van der Waals surface area (Å²) in [5, 5.41) is 12.8. The molecule has 5 nitrogen and oxygen atoms in total. The maximum Gasteiger partial charge on any atom is 0.229 e. The molecule has 0 atom stereocenters. The third-order valence-electron chi connectivity index (χ3n) is 9.52. The number of amides is 1. The smallest absolute Gasteiger partial charge is 0.229 e. The van der Waals surface area contributed by atoms with E-state index < -0.39 is 0 Å². The zero-order valence-corrected chi connectivity index (χ0v) is 23.3. The Labute approximate surface area is 232 Å². The van der Waals surface area contributed by atoms with E-state index in [1.807, 2.05) is 30.3 Å². The van der Waals surface area contributed by atoms with Crippen molar-refractivity contribution in [3.05, 3.63) is 75.0 Å². The highest BCUT2D eigenvalue weighted by molar-refractivity contribution is 9.10. The monoisotopic (exact) mass is 571 g/mol. The molecule has 4 saturated carbocycles. The SMILES string of the molecule is O=C(Cc1ccc(Br)cc1)Nc1nc2c(nc1CC13CC4CC(CC(C4)C1)C3)-c1ccc(CO)cc1CC2. The van der Waals surface area contributed by atoms with E-state index in [-0.39, 0.29) is 12.5 Å². The predicted octanol–water partition coefficient (Wildman–Crippen LogP) is 6.44. The van der Waals surface area contributed by atoms with E-state index >= 15 is 0 Å². The average Bonchev–Trinajstić information content (AvgIpc) is 2.89. The van der Waals surface area contributed by atoms with Gasteiger partial charge < -0.3 is 10.4 Å². The molecule has 4 bridgehead atoms. The number of fused-ring (bicyclic) bond motifs is 3. The highest BCUT2D eigenvalue weighted by atomic mass is 79.9. The van der Waals surface area contributed by atoms with Crippen LogP contribution < -0.4 is 5.32 Å². The van der Waals surface area contributed by atoms with Gasteiger partial charge in [-0.15, -0.1) is 0 Å². The highest BCUT2D eigenvalue weighted by Crippen LogP contribution is 2.61. The van der Waals surface area contributed by atoms with Gasteiger partial charge in [-0.25, -0.2) is 9.97 Å². The summed E-state index contributed by atoms with van der Waals surface area (Å²) in [5.74, 6) is 3.20. The number of carbonyl (C=O) groups excluding carboxylic acids is 1. The number of hydrogen-bond donors (Lipinski definition) is 2. The number of carbonyl (C=O) groups is 1. The Morgan fingerprint density at radius 2 is 1.63 bits per heavy atom. The van der Waals surface area contributed by atoms with Crippen molar-refractivity contribution >= 4 is 27.7 Å². The average molecular weight is 573 g/mol. The van der Waals surface area contributed by atoms with E-state index in [0.29, 0.717) is 17.7 Å². The van der Waals surface area contributed by atoms with E-state index in [4.69, 9.17) is 9.97 Å². The Morgan fingerprint density at radius 1 is 0.947 bits per heavy atom. The molecule has 8 rings (SSSR count). The summed E-state index contributed by atoms with van der Waals surface area (Å²) in [7, 11) is 0. The van der Waals surface area contributed by atoms with Gasteiger partial charge >= 0.3 is 0 Å². The van der Waals surface area contributed by atoms with E-state index in [0.717, 1.165) is 75.3 Å². The van der Waals surface area contributed by atoms with E-state index in [1.165, 1.54) is 44.1 Å². The minimum Gasteiger partial charge on any atom is -0.392 e. The molecule has 2 N–H and O–H groups in total. The summed E-state index contributed by atoms with van der Waals surface area (Å²) in [4.78, 5) is 23.6. The summed E-state index contributed by atoms with van der Waals surface area (Å²) < 4.78 is 1.01. The van der Waals surface area contributed by atoms with Crippen LogP contribution in [0, 0.1) is 23.2 Å². The molecule has 0 spiro atoms. The molecule has 3 aromatic rings. The zero-order chi connectivity index (χ0) is 25.9. The van der Waals surface area contributed by atoms with Crippen LogP contribution in [0.3, 0.4) is 0 Å². The number of aliphatic hydroxyl groups is 1. The topological polar surface area (TPSA) is 75.1 Å². The Balaban J connectivity index is 1.24. The van der Waals surface area contributed by atoms with Gasteiger partial charge in [0.25, 0.3) is 0 Å². The fourth-order valence-corrected chi connectivity index (χ4v) is 8.64. The number of hydrogen-bond acceptors (Lipinski definition) is 4. The molecular weight excluding hydrogens is 538 g/mol. The molecule has 2 aromatic carbocycles. The number of aromatic nitrogens is 2. The Morgan fingerprint density at radius 3 is 2.32 bits per heavy atom. The molecule has 4 fully saturated rings. The van der Waals surface area contributed by atoms with Crippen molar-refractivity contribution in [1.29, 1.82) is 0 Å². The minimum atomic E-state index is -0.0443. The van der Waals surface area contributed by atoms with Crippen LogP contribution in [0.15, 0.2) is 46.9 Å². The van der Waals surface area contributed by atoms with E-state index in [9.17, 15) is 9.90 Å². The van der Waals surface area contributed by atoms with Crippen molar-refractivity contribution in [3.8, 4) is 11.3 Å². The molecule has 196 valence electrons. The first-order valence-corrected chi connectivity index (χ1v) is 14.9. The maximum atomic E-state index is 13.2. The number of aryl methyl sites for hydroxylation is 2. The molecular formula is C32H34BrN3O2. The second kappa shape index (κ2) is 9.56. The number of nitrogens with one attached hydrogen (secondary N) is 1. The minimum absolute atomic E-state index is 0.0443. The zero-order valence-electron chi connectivity index (χ0n) is 21.7. The quantitative estimate of drug-likeness (QED) is 0.357. The third kappa shape index (κ3) is 4.60. The van der Waals surface area contributed by atoms with Gasteiger partial charge in [0.15, 0.2) is 5.82 Å². The van der Waals surface area contributed by atoms with Crippen molar-refractivity contribution in [2.24, 2.45) is 23.2 Å². The maximum absolute atomic E-state index is 13.2. The normalized spacial score (nSPS) is 26.6. The first kappa shape index (κ1) is 24.5. The van der Waals surface area contributed by atoms with E-state index in [2.05, 4.69) is 33.4 Å². The van der Waals surface area contributed by atoms with Crippen LogP contribution in [-0.2, 0) is 37.1 Å². The van der Waals surface area contributed by atoms with Crippen LogP contribution in [-0.4, -0.2) is 21.0 Å². The van der Waals surface area contributed by atoms with E-state index in [1.54, 1.807) is 0 Å². The molecule has 1 aromatic heterocycles. The van der Waals surface area contributed by atoms with Gasteiger partial charge in [-0.05, 0) is 110 Å². The number of benzene rings is 2. The first-order valence-electron chi connectivity index (χ1n) is 14.1. The lowest BCUT2D eigenvalue weighted by atomic mass is 9.48. The van der Waals surface area contributed by atoms with Gasteiger partial charge in [0.2, 0.25) is 5.91 Å². The van der Waals surface area contributed by atoms with Crippen LogP contribution in [0.5, 0.6) is 0 Å². The first-order chi connectivity index (χ1) is 18.4. The molecule has 0 saturated heterocycles. The summed E-state index contributed by atoms with van der Waals surface area (Å²) in [6.45, 7) is 0.0480. The molecule has 5 aliphatic rings. The van der Waals surface area contributed by atoms with Gasteiger partial charge in [-0.3, -0.25) is 4.79 Å². The van der Waals surface area contributed by atoms with Crippen molar-refractivity contribution in [3.63, 3.8) is 0 Å². The van der Waals surface area contributed by atoms with Gasteiger partial charge in [0.1, 0.15) is 0 Å². The second-order valence-electron chi connectivity index (χ2n) is 12.4. The number of halogens is 1. The van der Waals surface area contributed by atoms with Crippen molar-refractivity contribution in [1.82, 2.24) is 9.97 Å². The molecule has 0 unspecified atom stereocenters. The van der Waals surface area contributed by atoms with Gasteiger partial charge in [-0.1, -0.05) is 46.3 Å². The molecule has 38 heavy (non-hydrogen) atoms. The van der Waals surface area contributed by atoms with Gasteiger partial charge in [0.05, 0.1) is 30.1 Å². The van der Waals surface area contributed by atoms with Crippen LogP contribution in [0.4, 0.5) is 5.82 Å². The van der Waals surface area contributed by atoms with Crippen LogP contribution in [0.25, 0.3) is 11.3 Å².